The van der Waals surface area contributed by atoms with E-state index < -0.39 is 10.8 Å². The number of aryl methyl sites for hydroxylation is 2. The summed E-state index contributed by atoms with van der Waals surface area (Å²) >= 11 is 0. The third-order valence-electron chi connectivity index (χ3n) is 3.53. The molecular weight excluding hydrogens is 266 g/mol. The van der Waals surface area contributed by atoms with Crippen LogP contribution in [0.1, 0.15) is 28.3 Å². The van der Waals surface area contributed by atoms with Crippen LogP contribution in [0.5, 0.6) is 0 Å². The molecule has 0 bridgehead atoms. The topological polar surface area (TPSA) is 43.1 Å². The first-order valence-electron chi connectivity index (χ1n) is 6.78. The van der Waals surface area contributed by atoms with Crippen molar-refractivity contribution >= 4 is 10.8 Å². The molecule has 0 radical (unpaired) electrons. The second-order valence-electron chi connectivity index (χ2n) is 5.14. The maximum Gasteiger partial charge on any atom is 0.0489 e. The fraction of sp³-hybridized carbons (Fsp3) is 0.294. The van der Waals surface area contributed by atoms with Gasteiger partial charge in [-0.2, -0.15) is 0 Å². The number of rotatable bonds is 5. The van der Waals surface area contributed by atoms with E-state index in [9.17, 15) is 4.21 Å². The Morgan fingerprint density at radius 1 is 1.00 bits per heavy atom. The van der Waals surface area contributed by atoms with Crippen LogP contribution in [0, 0.1) is 13.8 Å². The number of hydrogen-bond acceptors (Lipinski definition) is 2. The summed E-state index contributed by atoms with van der Waals surface area (Å²) in [4.78, 5) is 0. The molecule has 0 aliphatic carbocycles. The highest BCUT2D eigenvalue weighted by Gasteiger charge is 2.13. The molecule has 0 saturated heterocycles. The van der Waals surface area contributed by atoms with Crippen LogP contribution in [-0.4, -0.2) is 9.96 Å². The molecule has 2 N–H and O–H groups in total. The van der Waals surface area contributed by atoms with Gasteiger partial charge in [0.1, 0.15) is 0 Å². The third kappa shape index (κ3) is 3.78. The molecule has 20 heavy (non-hydrogen) atoms. The van der Waals surface area contributed by atoms with Crippen molar-refractivity contribution in [2.75, 3.05) is 5.75 Å². The van der Waals surface area contributed by atoms with Gasteiger partial charge in [-0.25, -0.2) is 0 Å². The Balaban J connectivity index is 2.02. The fourth-order valence-corrected chi connectivity index (χ4v) is 3.67. The van der Waals surface area contributed by atoms with Crippen molar-refractivity contribution in [3.63, 3.8) is 0 Å². The van der Waals surface area contributed by atoms with Gasteiger partial charge in [-0.3, -0.25) is 4.21 Å². The van der Waals surface area contributed by atoms with Crippen LogP contribution in [0.25, 0.3) is 0 Å². The van der Waals surface area contributed by atoms with Crippen LogP contribution in [-0.2, 0) is 16.6 Å². The molecule has 3 heteroatoms. The third-order valence-corrected chi connectivity index (χ3v) is 4.90. The molecule has 0 aliphatic rings. The van der Waals surface area contributed by atoms with E-state index in [0.29, 0.717) is 11.5 Å². The Labute approximate surface area is 123 Å². The van der Waals surface area contributed by atoms with Crippen molar-refractivity contribution in [1.29, 1.82) is 0 Å². The van der Waals surface area contributed by atoms with Gasteiger partial charge < -0.3 is 5.73 Å². The van der Waals surface area contributed by atoms with Crippen LogP contribution in [0.4, 0.5) is 0 Å². The van der Waals surface area contributed by atoms with Crippen LogP contribution in [0.2, 0.25) is 0 Å². The average molecular weight is 287 g/mol. The van der Waals surface area contributed by atoms with Gasteiger partial charge in [0, 0.05) is 28.3 Å². The molecule has 2 atom stereocenters. The maximum atomic E-state index is 12.3. The Kier molecular flexibility index (Phi) is 5.10. The van der Waals surface area contributed by atoms with E-state index in [0.717, 1.165) is 16.7 Å². The lowest BCUT2D eigenvalue weighted by molar-refractivity contribution is 0.674. The summed E-state index contributed by atoms with van der Waals surface area (Å²) < 4.78 is 12.3. The lowest BCUT2D eigenvalue weighted by Crippen LogP contribution is -2.20. The molecule has 0 aromatic heterocycles. The maximum absolute atomic E-state index is 12.3. The first kappa shape index (κ1) is 14.9. The summed E-state index contributed by atoms with van der Waals surface area (Å²) in [5.41, 5.74) is 10.8. The number of hydrogen-bond donors (Lipinski definition) is 1. The van der Waals surface area contributed by atoms with Crippen molar-refractivity contribution in [3.05, 3.63) is 70.8 Å². The van der Waals surface area contributed by atoms with E-state index in [1.54, 1.807) is 0 Å². The molecule has 2 unspecified atom stereocenters. The molecule has 0 saturated carbocycles. The lowest BCUT2D eigenvalue weighted by atomic mass is 10.0. The highest BCUT2D eigenvalue weighted by atomic mass is 32.2. The molecular formula is C17H21NOS. The molecule has 0 heterocycles. The smallest absolute Gasteiger partial charge is 0.0489 e. The first-order chi connectivity index (χ1) is 9.58. The predicted molar refractivity (Wildman–Crippen MR) is 86.0 cm³/mol. The zero-order chi connectivity index (χ0) is 14.5. The minimum Gasteiger partial charge on any atom is -0.323 e. The quantitative estimate of drug-likeness (QED) is 0.917. The van der Waals surface area contributed by atoms with Gasteiger partial charge in [-0.1, -0.05) is 48.5 Å². The van der Waals surface area contributed by atoms with E-state index in [1.807, 2.05) is 62.4 Å². The molecule has 0 aliphatic heterocycles. The molecule has 2 rings (SSSR count). The summed E-state index contributed by atoms with van der Waals surface area (Å²) in [6.07, 6.45) is 0. The van der Waals surface area contributed by atoms with Gasteiger partial charge in [0.15, 0.2) is 0 Å². The minimum atomic E-state index is -0.945. The fourth-order valence-electron chi connectivity index (χ4n) is 2.30. The van der Waals surface area contributed by atoms with E-state index >= 15 is 0 Å². The summed E-state index contributed by atoms with van der Waals surface area (Å²) in [5, 5.41) is 0. The average Bonchev–Trinajstić information content (AvgIpc) is 2.41. The standard InChI is InChI=1S/C17H21NOS/c1-13-7-3-5-9-15(13)11-20(19)12-17(18)16-10-6-4-8-14(16)2/h3-10,17H,11-12,18H2,1-2H3. The predicted octanol–water partition coefficient (Wildman–Crippen LogP) is 3.25. The molecule has 0 fully saturated rings. The van der Waals surface area contributed by atoms with Crippen LogP contribution < -0.4 is 5.73 Å². The zero-order valence-electron chi connectivity index (χ0n) is 12.0. The minimum absolute atomic E-state index is 0.166. The van der Waals surface area contributed by atoms with Crippen LogP contribution >= 0.6 is 0 Å². The molecule has 2 aromatic carbocycles. The van der Waals surface area contributed by atoms with E-state index in [-0.39, 0.29) is 6.04 Å². The molecule has 0 amide bonds. The van der Waals surface area contributed by atoms with E-state index in [2.05, 4.69) is 0 Å². The van der Waals surface area contributed by atoms with E-state index in [1.165, 1.54) is 5.56 Å². The van der Waals surface area contributed by atoms with E-state index in [4.69, 9.17) is 5.73 Å². The van der Waals surface area contributed by atoms with Gasteiger partial charge in [0.25, 0.3) is 0 Å². The SMILES string of the molecule is Cc1ccccc1CS(=O)CC(N)c1ccccc1C. The zero-order valence-corrected chi connectivity index (χ0v) is 12.8. The normalized spacial score (nSPS) is 13.9. The van der Waals surface area contributed by atoms with Gasteiger partial charge >= 0.3 is 0 Å². The second-order valence-corrected chi connectivity index (χ2v) is 6.64. The van der Waals surface area contributed by atoms with Crippen molar-refractivity contribution in [2.45, 2.75) is 25.6 Å². The molecule has 0 spiro atoms. The largest absolute Gasteiger partial charge is 0.323 e. The van der Waals surface area contributed by atoms with Crippen molar-refractivity contribution in [2.24, 2.45) is 5.73 Å². The number of nitrogens with two attached hydrogens (primary N) is 1. The summed E-state index contributed by atoms with van der Waals surface area (Å²) in [6.45, 7) is 4.09. The van der Waals surface area contributed by atoms with Gasteiger partial charge in [-0.05, 0) is 36.1 Å². The summed E-state index contributed by atoms with van der Waals surface area (Å²) in [5.74, 6) is 1.07. The Bertz CT molecular complexity index is 609. The van der Waals surface area contributed by atoms with Crippen molar-refractivity contribution in [1.82, 2.24) is 0 Å². The molecule has 2 aromatic rings. The highest BCUT2D eigenvalue weighted by molar-refractivity contribution is 7.84. The Hall–Kier alpha value is -1.45. The van der Waals surface area contributed by atoms with Gasteiger partial charge in [0.05, 0.1) is 0 Å². The lowest BCUT2D eigenvalue weighted by Gasteiger charge is -2.14. The highest BCUT2D eigenvalue weighted by Crippen LogP contribution is 2.18. The first-order valence-corrected chi connectivity index (χ1v) is 8.27. The monoisotopic (exact) mass is 287 g/mol. The van der Waals surface area contributed by atoms with Crippen molar-refractivity contribution < 1.29 is 4.21 Å². The summed E-state index contributed by atoms with van der Waals surface area (Å²) in [6, 6.07) is 15.9. The van der Waals surface area contributed by atoms with Crippen LogP contribution in [0.3, 0.4) is 0 Å². The molecule has 2 nitrogen and oxygen atoms in total. The van der Waals surface area contributed by atoms with Crippen molar-refractivity contribution in [3.8, 4) is 0 Å². The second kappa shape index (κ2) is 6.82. The van der Waals surface area contributed by atoms with Gasteiger partial charge in [0.2, 0.25) is 0 Å². The Morgan fingerprint density at radius 2 is 1.60 bits per heavy atom. The number of benzene rings is 2. The Morgan fingerprint density at radius 3 is 2.25 bits per heavy atom. The van der Waals surface area contributed by atoms with Gasteiger partial charge in [-0.15, -0.1) is 0 Å². The molecule has 106 valence electrons. The summed E-state index contributed by atoms with van der Waals surface area (Å²) in [7, 11) is -0.945. The van der Waals surface area contributed by atoms with Crippen LogP contribution in [0.15, 0.2) is 48.5 Å².